The number of carbonyl (C=O) groups excluding carboxylic acids is 2. The Morgan fingerprint density at radius 3 is 2.24 bits per heavy atom. The number of piperidine rings is 2. The van der Waals surface area contributed by atoms with E-state index in [1.807, 2.05) is 35.2 Å². The molecule has 0 aliphatic carbocycles. The topological polar surface area (TPSA) is 55.9 Å². The van der Waals surface area contributed by atoms with Gasteiger partial charge in [-0.05, 0) is 81.3 Å². The van der Waals surface area contributed by atoms with Crippen LogP contribution in [0.4, 0.5) is 4.79 Å². The Balaban J connectivity index is 0.00000336. The minimum atomic E-state index is -0.187. The molecular formula is C30H40BrClN4O2. The summed E-state index contributed by atoms with van der Waals surface area (Å²) in [5.74, 6) is 0.339. The maximum Gasteiger partial charge on any atom is 0.317 e. The quantitative estimate of drug-likeness (QED) is 0.422. The number of hydrogen-bond donors (Lipinski definition) is 1. The maximum atomic E-state index is 13.4. The van der Waals surface area contributed by atoms with Gasteiger partial charge in [-0.2, -0.15) is 0 Å². The molecule has 1 unspecified atom stereocenters. The Labute approximate surface area is 241 Å². The van der Waals surface area contributed by atoms with Gasteiger partial charge >= 0.3 is 6.03 Å². The minimum Gasteiger partial charge on any atom is -0.338 e. The van der Waals surface area contributed by atoms with Crippen LogP contribution >= 0.6 is 28.3 Å². The monoisotopic (exact) mass is 602 g/mol. The van der Waals surface area contributed by atoms with Crippen LogP contribution in [-0.4, -0.2) is 65.9 Å². The van der Waals surface area contributed by atoms with Gasteiger partial charge in [0.15, 0.2) is 0 Å². The lowest BCUT2D eigenvalue weighted by Crippen LogP contribution is -2.46. The van der Waals surface area contributed by atoms with Crippen molar-refractivity contribution in [3.63, 3.8) is 0 Å². The molecule has 6 nitrogen and oxygen atoms in total. The fourth-order valence-electron chi connectivity index (χ4n) is 6.18. The van der Waals surface area contributed by atoms with Crippen LogP contribution in [0.2, 0.25) is 0 Å². The Morgan fingerprint density at radius 1 is 0.895 bits per heavy atom. The first-order valence-corrected chi connectivity index (χ1v) is 14.7. The largest absolute Gasteiger partial charge is 0.338 e. The van der Waals surface area contributed by atoms with Crippen molar-refractivity contribution in [2.75, 3.05) is 39.3 Å². The van der Waals surface area contributed by atoms with Gasteiger partial charge in [-0.3, -0.25) is 4.79 Å². The average Bonchev–Trinajstić information content (AvgIpc) is 3.23. The summed E-state index contributed by atoms with van der Waals surface area (Å²) in [5.41, 5.74) is 2.16. The second-order valence-corrected chi connectivity index (χ2v) is 11.9. The van der Waals surface area contributed by atoms with Crippen molar-refractivity contribution >= 4 is 40.3 Å². The van der Waals surface area contributed by atoms with Crippen molar-refractivity contribution in [3.8, 4) is 0 Å². The number of urea groups is 1. The molecule has 1 spiro atoms. The first-order chi connectivity index (χ1) is 18.0. The molecule has 0 radical (unpaired) electrons. The third-order valence-corrected chi connectivity index (χ3v) is 9.11. The zero-order valence-electron chi connectivity index (χ0n) is 22.1. The molecule has 206 valence electrons. The third kappa shape index (κ3) is 6.91. The van der Waals surface area contributed by atoms with Crippen LogP contribution in [0.15, 0.2) is 59.1 Å². The van der Waals surface area contributed by atoms with Gasteiger partial charge in [0.05, 0.1) is 11.5 Å². The van der Waals surface area contributed by atoms with Gasteiger partial charge in [0.1, 0.15) is 0 Å². The third-order valence-electron chi connectivity index (χ3n) is 8.58. The van der Waals surface area contributed by atoms with Crippen LogP contribution in [0.5, 0.6) is 0 Å². The highest BCUT2D eigenvalue weighted by molar-refractivity contribution is 9.10. The second-order valence-electron chi connectivity index (χ2n) is 11.0. The van der Waals surface area contributed by atoms with Crippen molar-refractivity contribution in [2.45, 2.75) is 57.5 Å². The molecule has 1 atom stereocenters. The van der Waals surface area contributed by atoms with Gasteiger partial charge in [0.2, 0.25) is 5.91 Å². The summed E-state index contributed by atoms with van der Waals surface area (Å²) in [4.78, 5) is 32.9. The van der Waals surface area contributed by atoms with Crippen molar-refractivity contribution < 1.29 is 9.59 Å². The van der Waals surface area contributed by atoms with E-state index in [4.69, 9.17) is 0 Å². The van der Waals surface area contributed by atoms with Gasteiger partial charge in [-0.1, -0.05) is 58.4 Å². The van der Waals surface area contributed by atoms with E-state index >= 15 is 0 Å². The number of rotatable bonds is 7. The van der Waals surface area contributed by atoms with E-state index in [1.54, 1.807) is 0 Å². The van der Waals surface area contributed by atoms with E-state index in [1.165, 1.54) is 12.0 Å². The highest BCUT2D eigenvalue weighted by atomic mass is 79.9. The molecule has 3 heterocycles. The van der Waals surface area contributed by atoms with Crippen LogP contribution in [-0.2, 0) is 11.3 Å². The summed E-state index contributed by atoms with van der Waals surface area (Å²) in [5, 5.41) is 3.33. The molecule has 3 aliphatic rings. The molecule has 0 bridgehead atoms. The summed E-state index contributed by atoms with van der Waals surface area (Å²) >= 11 is 3.49. The standard InChI is InChI=1S/C30H39BrN4O2.ClH/c31-26-11-9-24(10-12-26)23-35-22-16-30(28(35)36)14-20-33(21-15-30)19-13-27(25-7-3-1-4-8-25)32-29(37)34-17-5-2-6-18-34;/h1,3-4,7-12,27H,2,5-6,13-23H2,(H,32,37);1H. The number of nitrogens with zero attached hydrogens (tertiary/aromatic N) is 3. The second kappa shape index (κ2) is 13.3. The summed E-state index contributed by atoms with van der Waals surface area (Å²) in [7, 11) is 0. The van der Waals surface area contributed by atoms with E-state index in [0.717, 1.165) is 87.8 Å². The molecule has 3 aliphatic heterocycles. The van der Waals surface area contributed by atoms with Crippen molar-refractivity contribution in [1.29, 1.82) is 0 Å². The Hall–Kier alpha value is -2.09. The predicted octanol–water partition coefficient (Wildman–Crippen LogP) is 6.01. The summed E-state index contributed by atoms with van der Waals surface area (Å²) in [6.07, 6.45) is 7.11. The molecule has 2 aromatic carbocycles. The van der Waals surface area contributed by atoms with Gasteiger partial charge in [-0.25, -0.2) is 4.79 Å². The molecule has 38 heavy (non-hydrogen) atoms. The molecule has 3 saturated heterocycles. The molecule has 3 fully saturated rings. The number of benzene rings is 2. The van der Waals surface area contributed by atoms with E-state index in [-0.39, 0.29) is 29.9 Å². The number of carbonyl (C=O) groups is 2. The molecule has 5 rings (SSSR count). The van der Waals surface area contributed by atoms with Crippen molar-refractivity contribution in [2.24, 2.45) is 5.41 Å². The van der Waals surface area contributed by atoms with Crippen molar-refractivity contribution in [3.05, 3.63) is 70.2 Å². The molecule has 0 aromatic heterocycles. The lowest BCUT2D eigenvalue weighted by Gasteiger charge is -2.38. The molecule has 2 aromatic rings. The Bertz CT molecular complexity index is 1050. The lowest BCUT2D eigenvalue weighted by molar-refractivity contribution is -0.138. The van der Waals surface area contributed by atoms with Gasteiger partial charge < -0.3 is 20.0 Å². The predicted molar refractivity (Wildman–Crippen MR) is 157 cm³/mol. The van der Waals surface area contributed by atoms with Gasteiger partial charge in [0.25, 0.3) is 0 Å². The first kappa shape index (κ1) is 28.9. The maximum absolute atomic E-state index is 13.4. The minimum absolute atomic E-state index is 0. The first-order valence-electron chi connectivity index (χ1n) is 13.9. The summed E-state index contributed by atoms with van der Waals surface area (Å²) in [6.45, 7) is 6.08. The zero-order valence-corrected chi connectivity index (χ0v) is 24.5. The van der Waals surface area contributed by atoms with Gasteiger partial charge in [-0.15, -0.1) is 12.4 Å². The fraction of sp³-hybridized carbons (Fsp3) is 0.533. The summed E-state index contributed by atoms with van der Waals surface area (Å²) in [6, 6.07) is 18.7. The fourth-order valence-corrected chi connectivity index (χ4v) is 6.44. The lowest BCUT2D eigenvalue weighted by atomic mass is 9.77. The summed E-state index contributed by atoms with van der Waals surface area (Å²) < 4.78 is 1.06. The highest BCUT2D eigenvalue weighted by Crippen LogP contribution is 2.42. The molecule has 3 amide bonds. The van der Waals surface area contributed by atoms with Gasteiger partial charge in [0, 0.05) is 37.2 Å². The smallest absolute Gasteiger partial charge is 0.317 e. The number of amides is 3. The van der Waals surface area contributed by atoms with E-state index < -0.39 is 0 Å². The van der Waals surface area contributed by atoms with Crippen LogP contribution < -0.4 is 5.32 Å². The number of likely N-dealkylation sites (tertiary alicyclic amines) is 3. The van der Waals surface area contributed by atoms with Crippen molar-refractivity contribution in [1.82, 2.24) is 20.0 Å². The van der Waals surface area contributed by atoms with Crippen LogP contribution in [0.3, 0.4) is 0 Å². The normalized spacial score (nSPS) is 20.3. The number of halogens is 2. The molecular weight excluding hydrogens is 564 g/mol. The Morgan fingerprint density at radius 2 is 1.55 bits per heavy atom. The number of hydrogen-bond acceptors (Lipinski definition) is 3. The van der Waals surface area contributed by atoms with E-state index in [2.05, 4.69) is 55.3 Å². The van der Waals surface area contributed by atoms with E-state index in [0.29, 0.717) is 12.5 Å². The van der Waals surface area contributed by atoms with Crippen LogP contribution in [0.1, 0.15) is 62.1 Å². The van der Waals surface area contributed by atoms with Crippen LogP contribution in [0.25, 0.3) is 0 Å². The Kier molecular flexibility index (Phi) is 10.1. The molecule has 1 N–H and O–H groups in total. The average molecular weight is 604 g/mol. The highest BCUT2D eigenvalue weighted by Gasteiger charge is 2.47. The zero-order chi connectivity index (χ0) is 25.7. The van der Waals surface area contributed by atoms with Crippen LogP contribution in [0, 0.1) is 5.41 Å². The molecule has 8 heteroatoms. The SMILES string of the molecule is Cl.O=C(NC(CCN1CCC2(CC1)CCN(Cc1ccc(Br)cc1)C2=O)c1ccccc1)N1CCCCC1. The van der Waals surface area contributed by atoms with E-state index in [9.17, 15) is 9.59 Å². The number of nitrogens with one attached hydrogen (secondary N) is 1. The molecule has 0 saturated carbocycles.